The molecule has 2 aliphatic rings. The minimum Gasteiger partial charge on any atom is -0.387 e. The van der Waals surface area contributed by atoms with E-state index in [1.807, 2.05) is 0 Å². The molecule has 2 fully saturated rings. The van der Waals surface area contributed by atoms with Gasteiger partial charge in [0.15, 0.2) is 12.6 Å². The number of aliphatic hydroxyl groups is 8. The van der Waals surface area contributed by atoms with Crippen molar-refractivity contribution in [3.63, 3.8) is 0 Å². The van der Waals surface area contributed by atoms with Gasteiger partial charge in [-0.3, -0.25) is 0 Å². The van der Waals surface area contributed by atoms with E-state index in [4.69, 9.17) is 14.2 Å². The molecule has 136 valence electrons. The number of rotatable bonds is 4. The van der Waals surface area contributed by atoms with Crippen LogP contribution < -0.4 is 0 Å². The second-order valence-corrected chi connectivity index (χ2v) is 5.61. The lowest BCUT2D eigenvalue weighted by atomic mass is 9.99. The highest BCUT2D eigenvalue weighted by Gasteiger charge is 2.45. The molecular formula is C12H22O11. The Hall–Kier alpha value is -0.440. The molecule has 0 aromatic rings. The van der Waals surface area contributed by atoms with E-state index in [9.17, 15) is 40.9 Å². The van der Waals surface area contributed by atoms with Gasteiger partial charge >= 0.3 is 0 Å². The molecule has 11 nitrogen and oxygen atoms in total. The molecule has 11 heteroatoms. The van der Waals surface area contributed by atoms with E-state index >= 15 is 0 Å². The predicted octanol–water partition coefficient (Wildman–Crippen LogP) is -5.40. The van der Waals surface area contributed by atoms with Crippen molar-refractivity contribution in [2.45, 2.75) is 61.4 Å². The summed E-state index contributed by atoms with van der Waals surface area (Å²) in [5.74, 6) is 0. The van der Waals surface area contributed by atoms with Crippen LogP contribution in [0.5, 0.6) is 0 Å². The molecule has 23 heavy (non-hydrogen) atoms. The third kappa shape index (κ3) is 3.97. The quantitative estimate of drug-likeness (QED) is 0.243. The normalized spacial score (nSPS) is 51.7. The van der Waals surface area contributed by atoms with Gasteiger partial charge < -0.3 is 55.1 Å². The molecule has 10 atom stereocenters. The van der Waals surface area contributed by atoms with Gasteiger partial charge in [0.1, 0.15) is 48.8 Å². The Morgan fingerprint density at radius 2 is 0.870 bits per heavy atom. The first-order chi connectivity index (χ1) is 10.7. The molecule has 2 saturated heterocycles. The summed E-state index contributed by atoms with van der Waals surface area (Å²) in [4.78, 5) is 0. The summed E-state index contributed by atoms with van der Waals surface area (Å²) in [6.45, 7) is -0.660. The largest absolute Gasteiger partial charge is 0.387 e. The Kier molecular flexibility index (Phi) is 6.27. The lowest BCUT2D eigenvalue weighted by Crippen LogP contribution is -2.60. The summed E-state index contributed by atoms with van der Waals surface area (Å²) in [6.07, 6.45) is -15.3. The number of ether oxygens (including phenoxy) is 3. The molecule has 0 aliphatic carbocycles. The Labute approximate surface area is 130 Å². The van der Waals surface area contributed by atoms with Crippen LogP contribution in [-0.2, 0) is 14.2 Å². The van der Waals surface area contributed by atoms with Crippen molar-refractivity contribution in [1.29, 1.82) is 0 Å². The van der Waals surface area contributed by atoms with Gasteiger partial charge in [0.05, 0.1) is 13.2 Å². The maximum absolute atomic E-state index is 9.71. The predicted molar refractivity (Wildman–Crippen MR) is 68.6 cm³/mol. The summed E-state index contributed by atoms with van der Waals surface area (Å²) >= 11 is 0. The number of hydrogen-bond donors (Lipinski definition) is 8. The van der Waals surface area contributed by atoms with E-state index < -0.39 is 61.4 Å². The zero-order valence-corrected chi connectivity index (χ0v) is 12.0. The molecule has 0 saturated carbocycles. The van der Waals surface area contributed by atoms with Crippen LogP contribution in [0.3, 0.4) is 0 Å². The second-order valence-electron chi connectivity index (χ2n) is 5.61. The zero-order valence-electron chi connectivity index (χ0n) is 12.0. The molecule has 0 bridgehead atoms. The molecule has 2 unspecified atom stereocenters. The van der Waals surface area contributed by atoms with Crippen LogP contribution in [0.4, 0.5) is 0 Å². The first-order valence-electron chi connectivity index (χ1n) is 7.07. The van der Waals surface area contributed by atoms with Crippen molar-refractivity contribution in [2.24, 2.45) is 0 Å². The van der Waals surface area contributed by atoms with Crippen LogP contribution in [0, 0.1) is 0 Å². The summed E-state index contributed by atoms with van der Waals surface area (Å²) < 4.78 is 14.9. The molecule has 2 heterocycles. The molecule has 2 rings (SSSR count). The van der Waals surface area contributed by atoms with E-state index in [1.165, 1.54) is 0 Å². The van der Waals surface area contributed by atoms with Gasteiger partial charge in [-0.15, -0.1) is 0 Å². The van der Waals surface area contributed by atoms with Crippen molar-refractivity contribution in [1.82, 2.24) is 0 Å². The van der Waals surface area contributed by atoms with E-state index in [-0.39, 0.29) is 13.2 Å². The summed E-state index contributed by atoms with van der Waals surface area (Å²) in [7, 11) is 0. The maximum atomic E-state index is 9.71. The smallest absolute Gasteiger partial charge is 0.184 e. The Morgan fingerprint density at radius 1 is 0.522 bits per heavy atom. The molecule has 0 aromatic heterocycles. The Morgan fingerprint density at radius 3 is 1.22 bits per heavy atom. The van der Waals surface area contributed by atoms with Crippen molar-refractivity contribution < 1.29 is 55.1 Å². The van der Waals surface area contributed by atoms with Gasteiger partial charge in [0, 0.05) is 0 Å². The van der Waals surface area contributed by atoms with Crippen LogP contribution in [0.2, 0.25) is 0 Å². The van der Waals surface area contributed by atoms with E-state index in [1.54, 1.807) is 0 Å². The third-order valence-corrected chi connectivity index (χ3v) is 3.94. The van der Waals surface area contributed by atoms with E-state index in [0.717, 1.165) is 0 Å². The summed E-state index contributed by atoms with van der Waals surface area (Å²) in [5, 5.41) is 75.9. The lowest BCUT2D eigenvalue weighted by Gasteiger charge is -2.39. The first-order valence-corrected chi connectivity index (χ1v) is 7.07. The van der Waals surface area contributed by atoms with E-state index in [0.29, 0.717) is 0 Å². The molecular weight excluding hydrogens is 320 g/mol. The average molecular weight is 342 g/mol. The Bertz CT molecular complexity index is 348. The summed E-state index contributed by atoms with van der Waals surface area (Å²) in [5.41, 5.74) is 0. The van der Waals surface area contributed by atoms with Crippen molar-refractivity contribution in [3.05, 3.63) is 0 Å². The fourth-order valence-corrected chi connectivity index (χ4v) is 2.44. The van der Waals surface area contributed by atoms with Crippen LogP contribution >= 0.6 is 0 Å². The standard InChI is InChI=1S/C12H22O11/c13-5-3(22-11(19)9(17)7(5)15)1-21-2-4-6(14)8(16)10(18)12(20)23-4/h3-20H,1-2H2/t3-,4-,5+,6+,7+,8+,9-,10-,11?,12?/m1/s1. The van der Waals surface area contributed by atoms with Crippen molar-refractivity contribution >= 4 is 0 Å². The van der Waals surface area contributed by atoms with Crippen molar-refractivity contribution in [2.75, 3.05) is 13.2 Å². The molecule has 0 radical (unpaired) electrons. The number of hydrogen-bond acceptors (Lipinski definition) is 11. The molecule has 0 amide bonds. The van der Waals surface area contributed by atoms with Crippen LogP contribution in [0.1, 0.15) is 0 Å². The van der Waals surface area contributed by atoms with Crippen LogP contribution in [0.15, 0.2) is 0 Å². The zero-order chi connectivity index (χ0) is 17.3. The highest BCUT2D eigenvalue weighted by atomic mass is 16.7. The van der Waals surface area contributed by atoms with Gasteiger partial charge in [-0.05, 0) is 0 Å². The fourth-order valence-electron chi connectivity index (χ4n) is 2.44. The maximum Gasteiger partial charge on any atom is 0.184 e. The monoisotopic (exact) mass is 342 g/mol. The Balaban J connectivity index is 1.82. The van der Waals surface area contributed by atoms with E-state index in [2.05, 4.69) is 0 Å². The number of aliphatic hydroxyl groups excluding tert-OH is 8. The van der Waals surface area contributed by atoms with Crippen molar-refractivity contribution in [3.8, 4) is 0 Å². The molecule has 0 aromatic carbocycles. The van der Waals surface area contributed by atoms with Gasteiger partial charge in [-0.2, -0.15) is 0 Å². The highest BCUT2D eigenvalue weighted by Crippen LogP contribution is 2.22. The first kappa shape index (κ1) is 18.9. The minimum absolute atomic E-state index is 0.330. The third-order valence-electron chi connectivity index (χ3n) is 3.94. The van der Waals surface area contributed by atoms with Crippen LogP contribution in [-0.4, -0.2) is 115 Å². The van der Waals surface area contributed by atoms with Gasteiger partial charge in [0.25, 0.3) is 0 Å². The van der Waals surface area contributed by atoms with Gasteiger partial charge in [0.2, 0.25) is 0 Å². The second kappa shape index (κ2) is 7.63. The topological polar surface area (TPSA) is 190 Å². The SMILES string of the molecule is OC1O[C@H](COC[C@H]2OC(O)[C@H](O)[C@@H](O)[C@H]2O)[C@H](O)[C@H](O)[C@H]1O. The molecule has 0 spiro atoms. The average Bonchev–Trinajstić information content (AvgIpc) is 2.52. The fraction of sp³-hybridized carbons (Fsp3) is 1.00. The van der Waals surface area contributed by atoms with Gasteiger partial charge in [-0.25, -0.2) is 0 Å². The minimum atomic E-state index is -1.70. The van der Waals surface area contributed by atoms with Gasteiger partial charge in [-0.1, -0.05) is 0 Å². The lowest BCUT2D eigenvalue weighted by molar-refractivity contribution is -0.300. The highest BCUT2D eigenvalue weighted by molar-refractivity contribution is 4.90. The molecule has 2 aliphatic heterocycles. The summed E-state index contributed by atoms with van der Waals surface area (Å²) in [6, 6.07) is 0. The van der Waals surface area contributed by atoms with Crippen LogP contribution in [0.25, 0.3) is 0 Å². The molecule has 8 N–H and O–H groups in total.